The maximum atomic E-state index is 12.0. The SMILES string of the molecule is CS(=O)(=O)Cc1ccc(C(=O)NCCOc2ccccc2)cc1. The van der Waals surface area contributed by atoms with Crippen molar-refractivity contribution in [1.29, 1.82) is 0 Å². The lowest BCUT2D eigenvalue weighted by molar-refractivity contribution is 0.0947. The quantitative estimate of drug-likeness (QED) is 0.787. The Hall–Kier alpha value is -2.34. The van der Waals surface area contributed by atoms with E-state index >= 15 is 0 Å². The number of carbonyl (C=O) groups is 1. The predicted octanol–water partition coefficient (Wildman–Crippen LogP) is 2.04. The molecule has 1 amide bonds. The monoisotopic (exact) mass is 333 g/mol. The van der Waals surface area contributed by atoms with Crippen LogP contribution in [0.3, 0.4) is 0 Å². The van der Waals surface area contributed by atoms with Crippen LogP contribution in [0, 0.1) is 0 Å². The van der Waals surface area contributed by atoms with Crippen LogP contribution in [0.4, 0.5) is 0 Å². The van der Waals surface area contributed by atoms with Gasteiger partial charge in [0, 0.05) is 11.8 Å². The summed E-state index contributed by atoms with van der Waals surface area (Å²) in [6, 6.07) is 15.9. The van der Waals surface area contributed by atoms with Crippen LogP contribution in [0.15, 0.2) is 54.6 Å². The van der Waals surface area contributed by atoms with E-state index in [4.69, 9.17) is 4.74 Å². The molecule has 2 aromatic carbocycles. The minimum atomic E-state index is -3.07. The lowest BCUT2D eigenvalue weighted by Gasteiger charge is -2.08. The number of carbonyl (C=O) groups excluding carboxylic acids is 1. The Bertz CT molecular complexity index is 740. The molecule has 0 aliphatic carbocycles. The Kier molecular flexibility index (Phi) is 5.76. The number of para-hydroxylation sites is 1. The van der Waals surface area contributed by atoms with Crippen molar-refractivity contribution >= 4 is 15.7 Å². The van der Waals surface area contributed by atoms with Crippen LogP contribution >= 0.6 is 0 Å². The number of nitrogens with one attached hydrogen (secondary N) is 1. The summed E-state index contributed by atoms with van der Waals surface area (Å²) in [4.78, 5) is 12.0. The predicted molar refractivity (Wildman–Crippen MR) is 89.3 cm³/mol. The second kappa shape index (κ2) is 7.78. The molecule has 0 saturated heterocycles. The van der Waals surface area contributed by atoms with E-state index in [9.17, 15) is 13.2 Å². The third-order valence-corrected chi connectivity index (χ3v) is 3.90. The first-order valence-electron chi connectivity index (χ1n) is 7.17. The van der Waals surface area contributed by atoms with E-state index in [1.54, 1.807) is 24.3 Å². The van der Waals surface area contributed by atoms with Crippen LogP contribution in [-0.4, -0.2) is 33.7 Å². The summed E-state index contributed by atoms with van der Waals surface area (Å²) in [5.41, 5.74) is 1.15. The molecule has 2 aromatic rings. The maximum absolute atomic E-state index is 12.0. The van der Waals surface area contributed by atoms with Crippen LogP contribution in [0.25, 0.3) is 0 Å². The van der Waals surface area contributed by atoms with Crippen molar-refractivity contribution in [1.82, 2.24) is 5.32 Å². The normalized spacial score (nSPS) is 11.0. The zero-order valence-electron chi connectivity index (χ0n) is 12.9. The molecule has 0 atom stereocenters. The van der Waals surface area contributed by atoms with Crippen molar-refractivity contribution in [2.45, 2.75) is 5.75 Å². The van der Waals surface area contributed by atoms with Crippen molar-refractivity contribution in [3.05, 3.63) is 65.7 Å². The molecule has 0 saturated carbocycles. The lowest BCUT2D eigenvalue weighted by Crippen LogP contribution is -2.28. The summed E-state index contributed by atoms with van der Waals surface area (Å²) in [7, 11) is -3.07. The fraction of sp³-hybridized carbons (Fsp3) is 0.235. The summed E-state index contributed by atoms with van der Waals surface area (Å²) in [6.07, 6.45) is 1.18. The van der Waals surface area contributed by atoms with Gasteiger partial charge in [0.25, 0.3) is 5.91 Å². The molecule has 0 bridgehead atoms. The highest BCUT2D eigenvalue weighted by Crippen LogP contribution is 2.09. The molecule has 0 unspecified atom stereocenters. The second-order valence-corrected chi connectivity index (χ2v) is 7.32. The summed E-state index contributed by atoms with van der Waals surface area (Å²) < 4.78 is 27.9. The fourth-order valence-electron chi connectivity index (χ4n) is 2.01. The minimum absolute atomic E-state index is 0.0280. The van der Waals surface area contributed by atoms with Gasteiger partial charge in [0.05, 0.1) is 12.3 Å². The number of sulfone groups is 1. The Morgan fingerprint density at radius 2 is 1.70 bits per heavy atom. The number of hydrogen-bond donors (Lipinski definition) is 1. The molecule has 6 heteroatoms. The van der Waals surface area contributed by atoms with E-state index in [1.165, 1.54) is 6.26 Å². The smallest absolute Gasteiger partial charge is 0.251 e. The molecule has 0 aromatic heterocycles. The number of amides is 1. The van der Waals surface area contributed by atoms with Crippen LogP contribution in [0.2, 0.25) is 0 Å². The molecule has 0 aliphatic rings. The van der Waals surface area contributed by atoms with E-state index in [1.807, 2.05) is 30.3 Å². The topological polar surface area (TPSA) is 72.5 Å². The zero-order chi connectivity index (χ0) is 16.7. The minimum Gasteiger partial charge on any atom is -0.492 e. The number of hydrogen-bond acceptors (Lipinski definition) is 4. The van der Waals surface area contributed by atoms with Crippen LogP contribution in [0.1, 0.15) is 15.9 Å². The van der Waals surface area contributed by atoms with Crippen LogP contribution in [-0.2, 0) is 15.6 Å². The van der Waals surface area contributed by atoms with Gasteiger partial charge in [0.2, 0.25) is 0 Å². The van der Waals surface area contributed by atoms with Crippen molar-refractivity contribution < 1.29 is 17.9 Å². The summed E-state index contributed by atoms with van der Waals surface area (Å²) in [5, 5.41) is 2.75. The van der Waals surface area contributed by atoms with Gasteiger partial charge in [0.15, 0.2) is 9.84 Å². The molecule has 2 rings (SSSR count). The van der Waals surface area contributed by atoms with Gasteiger partial charge in [-0.3, -0.25) is 4.79 Å². The van der Waals surface area contributed by atoms with E-state index in [0.717, 1.165) is 5.75 Å². The molecule has 122 valence electrons. The average molecular weight is 333 g/mol. The first-order chi connectivity index (χ1) is 10.9. The van der Waals surface area contributed by atoms with E-state index < -0.39 is 9.84 Å². The van der Waals surface area contributed by atoms with Crippen molar-refractivity contribution in [3.8, 4) is 5.75 Å². The zero-order valence-corrected chi connectivity index (χ0v) is 13.7. The second-order valence-electron chi connectivity index (χ2n) is 5.18. The fourth-order valence-corrected chi connectivity index (χ4v) is 2.81. The summed E-state index contributed by atoms with van der Waals surface area (Å²) in [5.74, 6) is 0.513. The highest BCUT2D eigenvalue weighted by Gasteiger charge is 2.07. The Balaban J connectivity index is 1.79. The molecular weight excluding hydrogens is 314 g/mol. The van der Waals surface area contributed by atoms with Gasteiger partial charge in [-0.15, -0.1) is 0 Å². The van der Waals surface area contributed by atoms with Gasteiger partial charge >= 0.3 is 0 Å². The molecule has 23 heavy (non-hydrogen) atoms. The number of ether oxygens (including phenoxy) is 1. The first kappa shape index (κ1) is 17.0. The summed E-state index contributed by atoms with van der Waals surface area (Å²) in [6.45, 7) is 0.765. The van der Waals surface area contributed by atoms with Gasteiger partial charge < -0.3 is 10.1 Å². The van der Waals surface area contributed by atoms with E-state index in [2.05, 4.69) is 5.32 Å². The van der Waals surface area contributed by atoms with Crippen LogP contribution < -0.4 is 10.1 Å². The van der Waals surface area contributed by atoms with Crippen molar-refractivity contribution in [3.63, 3.8) is 0 Å². The van der Waals surface area contributed by atoms with E-state index in [-0.39, 0.29) is 11.7 Å². The Labute approximate surface area is 136 Å². The van der Waals surface area contributed by atoms with E-state index in [0.29, 0.717) is 24.3 Å². The molecule has 0 spiro atoms. The van der Waals surface area contributed by atoms with Gasteiger partial charge in [-0.2, -0.15) is 0 Å². The number of benzene rings is 2. The molecule has 0 radical (unpaired) electrons. The third-order valence-electron chi connectivity index (χ3n) is 3.04. The lowest BCUT2D eigenvalue weighted by atomic mass is 10.1. The molecule has 1 N–H and O–H groups in total. The molecule has 0 fully saturated rings. The van der Waals surface area contributed by atoms with Gasteiger partial charge in [-0.05, 0) is 29.8 Å². The van der Waals surface area contributed by atoms with Gasteiger partial charge in [-0.1, -0.05) is 30.3 Å². The van der Waals surface area contributed by atoms with Gasteiger partial charge in [0.1, 0.15) is 12.4 Å². The average Bonchev–Trinajstić information content (AvgIpc) is 2.51. The summed E-state index contributed by atoms with van der Waals surface area (Å²) >= 11 is 0. The maximum Gasteiger partial charge on any atom is 0.251 e. The number of rotatable bonds is 7. The Morgan fingerprint density at radius 3 is 2.30 bits per heavy atom. The highest BCUT2D eigenvalue weighted by atomic mass is 32.2. The highest BCUT2D eigenvalue weighted by molar-refractivity contribution is 7.89. The van der Waals surface area contributed by atoms with Crippen molar-refractivity contribution in [2.75, 3.05) is 19.4 Å². The van der Waals surface area contributed by atoms with Crippen LogP contribution in [0.5, 0.6) is 5.75 Å². The standard InChI is InChI=1S/C17H19NO4S/c1-23(20,21)13-14-7-9-15(10-8-14)17(19)18-11-12-22-16-5-3-2-4-6-16/h2-10H,11-13H2,1H3,(H,18,19). The molecular formula is C17H19NO4S. The Morgan fingerprint density at radius 1 is 1.04 bits per heavy atom. The first-order valence-corrected chi connectivity index (χ1v) is 9.23. The van der Waals surface area contributed by atoms with Crippen molar-refractivity contribution in [2.24, 2.45) is 0 Å². The molecule has 0 heterocycles. The third kappa shape index (κ3) is 6.12. The van der Waals surface area contributed by atoms with Gasteiger partial charge in [-0.25, -0.2) is 8.42 Å². The molecule has 0 aliphatic heterocycles. The largest absolute Gasteiger partial charge is 0.492 e. The molecule has 5 nitrogen and oxygen atoms in total.